The number of hydrogen-bond donors (Lipinski definition) is 2. The number of rotatable bonds is 4. The van der Waals surface area contributed by atoms with E-state index in [0.717, 1.165) is 18.8 Å². The van der Waals surface area contributed by atoms with Crippen LogP contribution in [0.1, 0.15) is 26.5 Å². The standard InChI is InChI=1S/C13H21N3O3/c1-13(2,3)10-4-12(19-15-10)14-11(18)7-16-5-9(6-16)8-17/h4,9,17H,5-8H2,1-3H3,(H,14,18). The molecule has 1 aliphatic heterocycles. The number of aliphatic hydroxyl groups is 1. The molecule has 6 nitrogen and oxygen atoms in total. The topological polar surface area (TPSA) is 78.6 Å². The number of anilines is 1. The smallest absolute Gasteiger partial charge is 0.240 e. The minimum Gasteiger partial charge on any atom is -0.396 e. The Kier molecular flexibility index (Phi) is 3.91. The molecular formula is C13H21N3O3. The number of aliphatic hydroxyl groups excluding tert-OH is 1. The zero-order valence-electron chi connectivity index (χ0n) is 11.6. The van der Waals surface area contributed by atoms with Crippen molar-refractivity contribution in [2.24, 2.45) is 5.92 Å². The van der Waals surface area contributed by atoms with Gasteiger partial charge in [-0.1, -0.05) is 25.9 Å². The predicted molar refractivity (Wildman–Crippen MR) is 70.8 cm³/mol. The summed E-state index contributed by atoms with van der Waals surface area (Å²) in [6.07, 6.45) is 0. The fourth-order valence-electron chi connectivity index (χ4n) is 1.99. The van der Waals surface area contributed by atoms with Crippen LogP contribution < -0.4 is 5.32 Å². The van der Waals surface area contributed by atoms with Gasteiger partial charge in [0, 0.05) is 37.1 Å². The van der Waals surface area contributed by atoms with Crippen molar-refractivity contribution in [3.63, 3.8) is 0 Å². The number of aromatic nitrogens is 1. The molecule has 2 rings (SSSR count). The van der Waals surface area contributed by atoms with Crippen LogP contribution in [-0.2, 0) is 10.2 Å². The molecule has 106 valence electrons. The normalized spacial score (nSPS) is 17.3. The average molecular weight is 267 g/mol. The number of carbonyl (C=O) groups is 1. The Balaban J connectivity index is 1.81. The minimum atomic E-state index is -0.118. The van der Waals surface area contributed by atoms with Gasteiger partial charge in [0.2, 0.25) is 11.8 Å². The molecule has 0 spiro atoms. The zero-order valence-corrected chi connectivity index (χ0v) is 11.6. The fraction of sp³-hybridized carbons (Fsp3) is 0.692. The van der Waals surface area contributed by atoms with Crippen LogP contribution in [0.3, 0.4) is 0 Å². The third-order valence-electron chi connectivity index (χ3n) is 3.20. The van der Waals surface area contributed by atoms with Crippen LogP contribution in [0.15, 0.2) is 10.6 Å². The van der Waals surface area contributed by atoms with Crippen LogP contribution >= 0.6 is 0 Å². The van der Waals surface area contributed by atoms with Crippen molar-refractivity contribution in [3.8, 4) is 0 Å². The summed E-state index contributed by atoms with van der Waals surface area (Å²) in [6.45, 7) is 8.15. The molecule has 1 saturated heterocycles. The van der Waals surface area contributed by atoms with Gasteiger partial charge in [0.1, 0.15) is 0 Å². The first-order chi connectivity index (χ1) is 8.88. The third kappa shape index (κ3) is 3.54. The van der Waals surface area contributed by atoms with Crippen molar-refractivity contribution in [1.29, 1.82) is 0 Å². The predicted octanol–water partition coefficient (Wildman–Crippen LogP) is 0.835. The zero-order chi connectivity index (χ0) is 14.0. The van der Waals surface area contributed by atoms with Crippen molar-refractivity contribution in [3.05, 3.63) is 11.8 Å². The molecule has 2 heterocycles. The van der Waals surface area contributed by atoms with Gasteiger partial charge in [0.05, 0.1) is 12.2 Å². The van der Waals surface area contributed by atoms with E-state index in [1.807, 2.05) is 25.7 Å². The van der Waals surface area contributed by atoms with E-state index in [4.69, 9.17) is 9.63 Å². The molecule has 0 saturated carbocycles. The molecule has 0 unspecified atom stereocenters. The molecule has 0 bridgehead atoms. The van der Waals surface area contributed by atoms with E-state index in [0.29, 0.717) is 18.3 Å². The molecule has 6 heteroatoms. The van der Waals surface area contributed by atoms with Gasteiger partial charge in [-0.3, -0.25) is 15.0 Å². The summed E-state index contributed by atoms with van der Waals surface area (Å²) in [5.74, 6) is 0.577. The van der Waals surface area contributed by atoms with E-state index < -0.39 is 0 Å². The highest BCUT2D eigenvalue weighted by Crippen LogP contribution is 2.23. The molecule has 0 aromatic carbocycles. The quantitative estimate of drug-likeness (QED) is 0.845. The Labute approximate surface area is 112 Å². The van der Waals surface area contributed by atoms with Crippen LogP contribution in [0.4, 0.5) is 5.88 Å². The number of amides is 1. The van der Waals surface area contributed by atoms with Gasteiger partial charge in [0.25, 0.3) is 0 Å². The van der Waals surface area contributed by atoms with Gasteiger partial charge in [0.15, 0.2) is 0 Å². The summed E-state index contributed by atoms with van der Waals surface area (Å²) in [6, 6.07) is 1.75. The fourth-order valence-corrected chi connectivity index (χ4v) is 1.99. The van der Waals surface area contributed by atoms with Crippen LogP contribution in [-0.4, -0.2) is 47.3 Å². The van der Waals surface area contributed by atoms with Gasteiger partial charge >= 0.3 is 0 Å². The summed E-state index contributed by atoms with van der Waals surface area (Å²) in [7, 11) is 0. The molecule has 0 aliphatic carbocycles. The lowest BCUT2D eigenvalue weighted by molar-refractivity contribution is -0.119. The molecule has 1 aliphatic rings. The second kappa shape index (κ2) is 5.30. The van der Waals surface area contributed by atoms with Crippen molar-refractivity contribution >= 4 is 11.8 Å². The maximum Gasteiger partial charge on any atom is 0.240 e. The van der Waals surface area contributed by atoms with Crippen LogP contribution in [0, 0.1) is 5.92 Å². The number of carbonyl (C=O) groups excluding carboxylic acids is 1. The van der Waals surface area contributed by atoms with Gasteiger partial charge < -0.3 is 9.63 Å². The third-order valence-corrected chi connectivity index (χ3v) is 3.20. The molecule has 0 radical (unpaired) electrons. The Morgan fingerprint density at radius 1 is 1.58 bits per heavy atom. The van der Waals surface area contributed by atoms with Crippen molar-refractivity contribution in [1.82, 2.24) is 10.1 Å². The maximum atomic E-state index is 11.8. The molecule has 1 amide bonds. The van der Waals surface area contributed by atoms with E-state index in [9.17, 15) is 4.79 Å². The van der Waals surface area contributed by atoms with Gasteiger partial charge in [-0.15, -0.1) is 0 Å². The number of likely N-dealkylation sites (tertiary alicyclic amines) is 1. The van der Waals surface area contributed by atoms with Crippen LogP contribution in [0.5, 0.6) is 0 Å². The first-order valence-corrected chi connectivity index (χ1v) is 6.48. The number of nitrogens with zero attached hydrogens (tertiary/aromatic N) is 2. The molecular weight excluding hydrogens is 246 g/mol. The van der Waals surface area contributed by atoms with Crippen molar-refractivity contribution < 1.29 is 14.4 Å². The maximum absolute atomic E-state index is 11.8. The molecule has 0 atom stereocenters. The Morgan fingerprint density at radius 2 is 2.26 bits per heavy atom. The van der Waals surface area contributed by atoms with Crippen LogP contribution in [0.2, 0.25) is 0 Å². The summed E-state index contributed by atoms with van der Waals surface area (Å²) >= 11 is 0. The lowest BCUT2D eigenvalue weighted by Gasteiger charge is -2.37. The van der Waals surface area contributed by atoms with E-state index in [1.165, 1.54) is 0 Å². The van der Waals surface area contributed by atoms with Gasteiger partial charge in [-0.2, -0.15) is 0 Å². The first-order valence-electron chi connectivity index (χ1n) is 6.48. The first kappa shape index (κ1) is 14.0. The second-order valence-electron chi connectivity index (χ2n) is 6.12. The summed E-state index contributed by atoms with van der Waals surface area (Å²) in [5, 5.41) is 15.5. The van der Waals surface area contributed by atoms with E-state index in [-0.39, 0.29) is 17.9 Å². The van der Waals surface area contributed by atoms with Crippen molar-refractivity contribution in [2.75, 3.05) is 31.6 Å². The van der Waals surface area contributed by atoms with E-state index >= 15 is 0 Å². The summed E-state index contributed by atoms with van der Waals surface area (Å²) < 4.78 is 5.10. The van der Waals surface area contributed by atoms with Gasteiger partial charge in [-0.05, 0) is 0 Å². The molecule has 1 aromatic heterocycles. The largest absolute Gasteiger partial charge is 0.396 e. The Bertz CT molecular complexity index is 444. The van der Waals surface area contributed by atoms with E-state index in [1.54, 1.807) is 6.07 Å². The SMILES string of the molecule is CC(C)(C)c1cc(NC(=O)CN2CC(CO)C2)on1. The Hall–Kier alpha value is -1.40. The molecule has 1 aromatic rings. The molecule has 19 heavy (non-hydrogen) atoms. The minimum absolute atomic E-state index is 0.0989. The highest BCUT2D eigenvalue weighted by molar-refractivity contribution is 5.91. The molecule has 2 N–H and O–H groups in total. The monoisotopic (exact) mass is 267 g/mol. The lowest BCUT2D eigenvalue weighted by Crippen LogP contribution is -2.51. The summed E-state index contributed by atoms with van der Waals surface area (Å²) in [4.78, 5) is 13.7. The van der Waals surface area contributed by atoms with E-state index in [2.05, 4.69) is 10.5 Å². The van der Waals surface area contributed by atoms with Crippen molar-refractivity contribution in [2.45, 2.75) is 26.2 Å². The van der Waals surface area contributed by atoms with Crippen LogP contribution in [0.25, 0.3) is 0 Å². The Morgan fingerprint density at radius 3 is 2.79 bits per heavy atom. The summed E-state index contributed by atoms with van der Waals surface area (Å²) in [5.41, 5.74) is 0.713. The highest BCUT2D eigenvalue weighted by atomic mass is 16.5. The van der Waals surface area contributed by atoms with Gasteiger partial charge in [-0.25, -0.2) is 0 Å². The molecule has 1 fully saturated rings. The lowest BCUT2D eigenvalue weighted by atomic mass is 9.92. The highest BCUT2D eigenvalue weighted by Gasteiger charge is 2.27. The second-order valence-corrected chi connectivity index (χ2v) is 6.12. The number of nitrogens with one attached hydrogen (secondary N) is 1. The average Bonchev–Trinajstić information content (AvgIpc) is 2.70. The number of hydrogen-bond acceptors (Lipinski definition) is 5.